The maximum Gasteiger partial charge on any atom is 0.244 e. The van der Waals surface area contributed by atoms with Crippen LogP contribution < -0.4 is 14.8 Å². The predicted octanol–water partition coefficient (Wildman–Crippen LogP) is 4.65. The van der Waals surface area contributed by atoms with Gasteiger partial charge in [0.1, 0.15) is 0 Å². The summed E-state index contributed by atoms with van der Waals surface area (Å²) in [6, 6.07) is 5.85. The summed E-state index contributed by atoms with van der Waals surface area (Å²) in [5.41, 5.74) is 2.34. The zero-order valence-corrected chi connectivity index (χ0v) is 16.1. The van der Waals surface area contributed by atoms with Gasteiger partial charge in [-0.1, -0.05) is 38.8 Å². The normalized spacial score (nSPS) is 19.5. The second-order valence-corrected chi connectivity index (χ2v) is 7.18. The molecule has 1 heterocycles. The third-order valence-electron chi connectivity index (χ3n) is 4.80. The van der Waals surface area contributed by atoms with Crippen molar-refractivity contribution in [2.45, 2.75) is 52.5 Å². The second-order valence-electron chi connectivity index (χ2n) is 7.18. The molecule has 4 nitrogen and oxygen atoms in total. The Morgan fingerprint density at radius 2 is 1.80 bits per heavy atom. The van der Waals surface area contributed by atoms with Crippen molar-refractivity contribution in [1.29, 1.82) is 0 Å². The summed E-state index contributed by atoms with van der Waals surface area (Å²) in [6.07, 6.45) is 6.41. The maximum atomic E-state index is 11.8. The first kappa shape index (κ1) is 19.4. The third kappa shape index (κ3) is 5.52. The molecule has 25 heavy (non-hydrogen) atoms. The topological polar surface area (TPSA) is 47.6 Å². The molecule has 1 aromatic carbocycles. The van der Waals surface area contributed by atoms with E-state index in [4.69, 9.17) is 9.47 Å². The second kappa shape index (κ2) is 8.93. The molecule has 1 N–H and O–H groups in total. The number of benzene rings is 1. The van der Waals surface area contributed by atoms with Gasteiger partial charge in [0.25, 0.3) is 0 Å². The quantitative estimate of drug-likeness (QED) is 0.845. The molecule has 0 aromatic heterocycles. The Labute approximate surface area is 151 Å². The number of nitrogens with one attached hydrogen (secondary N) is 1. The summed E-state index contributed by atoms with van der Waals surface area (Å²) in [4.78, 5) is 11.8. The van der Waals surface area contributed by atoms with Gasteiger partial charge in [-0.3, -0.25) is 4.79 Å². The summed E-state index contributed by atoms with van der Waals surface area (Å²) in [5.74, 6) is 2.93. The van der Waals surface area contributed by atoms with Crippen molar-refractivity contribution in [2.24, 2.45) is 11.8 Å². The van der Waals surface area contributed by atoms with Gasteiger partial charge in [0.05, 0.1) is 20.3 Å². The maximum absolute atomic E-state index is 11.8. The van der Waals surface area contributed by atoms with Gasteiger partial charge < -0.3 is 14.8 Å². The lowest BCUT2D eigenvalue weighted by Crippen LogP contribution is -2.31. The molecule has 3 rings (SSSR count). The van der Waals surface area contributed by atoms with E-state index in [-0.39, 0.29) is 11.9 Å². The van der Waals surface area contributed by atoms with Crippen LogP contribution in [0.2, 0.25) is 0 Å². The number of carbonyl (C=O) groups is 1. The van der Waals surface area contributed by atoms with Gasteiger partial charge in [-0.25, -0.2) is 0 Å². The molecule has 4 heteroatoms. The van der Waals surface area contributed by atoms with E-state index in [1.165, 1.54) is 24.8 Å². The van der Waals surface area contributed by atoms with Crippen LogP contribution in [0.1, 0.15) is 58.1 Å². The average molecular weight is 345 g/mol. The number of hydrogen-bond acceptors (Lipinski definition) is 3. The molecule has 0 saturated heterocycles. The van der Waals surface area contributed by atoms with E-state index in [0.29, 0.717) is 17.4 Å². The average Bonchev–Trinajstić information content (AvgIpc) is 3.46. The van der Waals surface area contributed by atoms with E-state index in [1.54, 1.807) is 20.3 Å². The van der Waals surface area contributed by atoms with Crippen LogP contribution in [0.5, 0.6) is 11.5 Å². The lowest BCUT2D eigenvalue weighted by atomic mass is 9.93. The summed E-state index contributed by atoms with van der Waals surface area (Å²) in [5, 5.41) is 3.02. The minimum Gasteiger partial charge on any atom is -0.493 e. The molecule has 1 fully saturated rings. The third-order valence-corrected chi connectivity index (χ3v) is 4.80. The van der Waals surface area contributed by atoms with E-state index in [9.17, 15) is 4.79 Å². The fourth-order valence-corrected chi connectivity index (χ4v) is 2.74. The van der Waals surface area contributed by atoms with E-state index in [2.05, 4.69) is 26.1 Å². The van der Waals surface area contributed by atoms with Gasteiger partial charge in [0, 0.05) is 6.08 Å². The molecule has 1 atom stereocenters. The number of methoxy groups -OCH3 is 2. The largest absolute Gasteiger partial charge is 0.493 e. The van der Waals surface area contributed by atoms with Crippen molar-refractivity contribution in [2.75, 3.05) is 14.2 Å². The van der Waals surface area contributed by atoms with Crippen LogP contribution in [-0.4, -0.2) is 20.1 Å². The summed E-state index contributed by atoms with van der Waals surface area (Å²) in [7, 11) is 3.24. The molecular weight excluding hydrogens is 314 g/mol. The highest BCUT2D eigenvalue weighted by molar-refractivity contribution is 5.89. The standard InChI is InChI=1S/C16H19NO3.C5H12/c1-19-14-6-5-11(8-15(14)20-2)13-7-12(10-3-4-10)9-16(18)17-13;1-4-5(2)3/h5-6,8-10,13H,3-4,7H2,1-2H3,(H,17,18);5H,4H2,1-3H3. The fourth-order valence-electron chi connectivity index (χ4n) is 2.74. The van der Waals surface area contributed by atoms with Crippen LogP contribution in [0.15, 0.2) is 29.8 Å². The van der Waals surface area contributed by atoms with Gasteiger partial charge in [0.2, 0.25) is 5.91 Å². The summed E-state index contributed by atoms with van der Waals surface area (Å²) >= 11 is 0. The molecule has 2 aliphatic rings. The van der Waals surface area contributed by atoms with Crippen LogP contribution >= 0.6 is 0 Å². The molecule has 138 valence electrons. The molecule has 1 saturated carbocycles. The first-order valence-corrected chi connectivity index (χ1v) is 9.21. The Morgan fingerprint density at radius 1 is 1.16 bits per heavy atom. The highest BCUT2D eigenvalue weighted by atomic mass is 16.5. The number of carbonyl (C=O) groups excluding carboxylic acids is 1. The van der Waals surface area contributed by atoms with Crippen molar-refractivity contribution in [3.8, 4) is 11.5 Å². The molecule has 1 amide bonds. The highest BCUT2D eigenvalue weighted by Crippen LogP contribution is 2.42. The van der Waals surface area contributed by atoms with Crippen molar-refractivity contribution < 1.29 is 14.3 Å². The van der Waals surface area contributed by atoms with Gasteiger partial charge in [-0.15, -0.1) is 0 Å². The van der Waals surface area contributed by atoms with Gasteiger partial charge in [0.15, 0.2) is 11.5 Å². The molecule has 0 bridgehead atoms. The van der Waals surface area contributed by atoms with Crippen LogP contribution in [-0.2, 0) is 4.79 Å². The van der Waals surface area contributed by atoms with Crippen molar-refractivity contribution >= 4 is 5.91 Å². The first-order chi connectivity index (χ1) is 12.0. The van der Waals surface area contributed by atoms with Crippen molar-refractivity contribution in [3.63, 3.8) is 0 Å². The van der Waals surface area contributed by atoms with Crippen LogP contribution in [0.3, 0.4) is 0 Å². The Kier molecular flexibility index (Phi) is 6.91. The molecule has 0 spiro atoms. The SMILES string of the molecule is CCC(C)C.COc1ccc(C2CC(C3CC3)=CC(=O)N2)cc1OC. The summed E-state index contributed by atoms with van der Waals surface area (Å²) in [6.45, 7) is 6.64. The Bertz CT molecular complexity index is 618. The molecule has 1 aliphatic carbocycles. The Balaban J connectivity index is 0.000000399. The first-order valence-electron chi connectivity index (χ1n) is 9.21. The molecule has 1 aromatic rings. The molecule has 0 radical (unpaired) electrons. The lowest BCUT2D eigenvalue weighted by molar-refractivity contribution is -0.117. The zero-order chi connectivity index (χ0) is 18.4. The van der Waals surface area contributed by atoms with Crippen molar-refractivity contribution in [3.05, 3.63) is 35.4 Å². The number of ether oxygens (including phenoxy) is 2. The highest BCUT2D eigenvalue weighted by Gasteiger charge is 2.31. The predicted molar refractivity (Wildman–Crippen MR) is 101 cm³/mol. The van der Waals surface area contributed by atoms with E-state index in [1.807, 2.05) is 18.2 Å². The smallest absolute Gasteiger partial charge is 0.244 e. The Hall–Kier alpha value is -1.97. The van der Waals surface area contributed by atoms with Gasteiger partial charge >= 0.3 is 0 Å². The van der Waals surface area contributed by atoms with Crippen LogP contribution in [0, 0.1) is 11.8 Å². The van der Waals surface area contributed by atoms with E-state index in [0.717, 1.165) is 17.9 Å². The van der Waals surface area contributed by atoms with E-state index >= 15 is 0 Å². The number of amides is 1. The lowest BCUT2D eigenvalue weighted by Gasteiger charge is -2.25. The van der Waals surface area contributed by atoms with Crippen LogP contribution in [0.4, 0.5) is 0 Å². The zero-order valence-electron chi connectivity index (χ0n) is 16.1. The molecule has 1 unspecified atom stereocenters. The molecule has 1 aliphatic heterocycles. The Morgan fingerprint density at radius 3 is 2.32 bits per heavy atom. The van der Waals surface area contributed by atoms with Crippen molar-refractivity contribution in [1.82, 2.24) is 5.32 Å². The monoisotopic (exact) mass is 345 g/mol. The number of hydrogen-bond donors (Lipinski definition) is 1. The van der Waals surface area contributed by atoms with E-state index < -0.39 is 0 Å². The van der Waals surface area contributed by atoms with Gasteiger partial charge in [-0.2, -0.15) is 0 Å². The summed E-state index contributed by atoms with van der Waals surface area (Å²) < 4.78 is 10.6. The molecular formula is C21H31NO3. The fraction of sp³-hybridized carbons (Fsp3) is 0.571. The van der Waals surface area contributed by atoms with Crippen LogP contribution in [0.25, 0.3) is 0 Å². The van der Waals surface area contributed by atoms with Gasteiger partial charge in [-0.05, 0) is 48.8 Å². The minimum absolute atomic E-state index is 0.0120. The number of rotatable bonds is 5. The minimum atomic E-state index is 0.0120.